The van der Waals surface area contributed by atoms with Crippen molar-refractivity contribution in [2.45, 2.75) is 0 Å². The van der Waals surface area contributed by atoms with Gasteiger partial charge in [-0.1, -0.05) is 4.78 Å². The molecule has 0 bridgehead atoms. The van der Waals surface area contributed by atoms with E-state index in [0.29, 0.717) is 28.6 Å². The molecule has 2 rings (SSSR count). The monoisotopic (exact) mass is 628 g/mol. The van der Waals surface area contributed by atoms with Crippen molar-refractivity contribution in [1.29, 1.82) is 0 Å². The van der Waals surface area contributed by atoms with Crippen LogP contribution in [-0.2, 0) is 23.6 Å². The van der Waals surface area contributed by atoms with Crippen LogP contribution in [-0.4, -0.2) is 36.1 Å². The standard InChI is InChI=1S/C16H17Cl2N7O2P5S2/c1-24(19-11-13-3-7-15(8-4-13)26-30-23-29-22-21-28)31(33)27-16-9-5-14(6-10-16)12-20-25(2)32(17,18)34/h3-12,28H,1-2H3/q+1. The van der Waals surface area contributed by atoms with Crippen molar-refractivity contribution in [3.63, 3.8) is 0 Å². The molecule has 9 nitrogen and oxygen atoms in total. The fourth-order valence-electron chi connectivity index (χ4n) is 1.90. The van der Waals surface area contributed by atoms with Gasteiger partial charge in [-0.2, -0.15) is 5.10 Å². The zero-order valence-corrected chi connectivity index (χ0v) is 25.3. The average molecular weight is 629 g/mol. The predicted molar refractivity (Wildman–Crippen MR) is 155 cm³/mol. The summed E-state index contributed by atoms with van der Waals surface area (Å²) in [5.74, 6) is 1.29. The summed E-state index contributed by atoms with van der Waals surface area (Å²) in [6.45, 7) is 0. The lowest BCUT2D eigenvalue weighted by Crippen LogP contribution is -2.03. The molecular formula is C16H17Cl2N7O2P5S2+. The van der Waals surface area contributed by atoms with Crippen LogP contribution in [0.1, 0.15) is 11.1 Å². The third-order valence-corrected chi connectivity index (χ3v) is 9.59. The minimum Gasteiger partial charge on any atom is -0.423 e. The van der Waals surface area contributed by atoms with E-state index in [2.05, 4.69) is 33.5 Å². The molecule has 18 heteroatoms. The molecule has 2 aromatic carbocycles. The second-order valence-corrected chi connectivity index (χ2v) is 17.4. The molecular weight excluding hydrogens is 612 g/mol. The van der Waals surface area contributed by atoms with Gasteiger partial charge in [0.25, 0.3) is 8.60 Å². The second kappa shape index (κ2) is 15.2. The highest BCUT2D eigenvalue weighted by Gasteiger charge is 2.20. The number of nitrogens with zero attached hydrogens (tertiary/aromatic N) is 7. The smallest absolute Gasteiger partial charge is 0.423 e. The van der Waals surface area contributed by atoms with Gasteiger partial charge in [-0.15, -0.1) is 19.3 Å². The highest BCUT2D eigenvalue weighted by atomic mass is 35.9. The lowest BCUT2D eigenvalue weighted by molar-refractivity contribution is 0.515. The highest BCUT2D eigenvalue weighted by molar-refractivity contribution is 8.37. The molecule has 2 aromatic rings. The Kier molecular flexibility index (Phi) is 13.1. The Bertz CT molecular complexity index is 1150. The third-order valence-electron chi connectivity index (χ3n) is 3.57. The van der Waals surface area contributed by atoms with Gasteiger partial charge in [0.05, 0.1) is 19.5 Å². The molecule has 0 aliphatic rings. The van der Waals surface area contributed by atoms with Crippen LogP contribution < -0.4 is 9.05 Å². The summed E-state index contributed by atoms with van der Waals surface area (Å²) in [7, 11) is 5.75. The van der Waals surface area contributed by atoms with Crippen molar-refractivity contribution in [3.8, 4) is 11.5 Å². The molecule has 0 saturated heterocycles. The maximum atomic E-state index is 5.91. The highest BCUT2D eigenvalue weighted by Crippen LogP contribution is 2.59. The normalized spacial score (nSPS) is 12.5. The van der Waals surface area contributed by atoms with Gasteiger partial charge >= 0.3 is 7.07 Å². The Labute approximate surface area is 223 Å². The topological polar surface area (TPSA) is 86.7 Å². The number of rotatable bonds is 12. The first-order valence-corrected chi connectivity index (χ1v) is 17.7. The molecule has 0 fully saturated rings. The summed E-state index contributed by atoms with van der Waals surface area (Å²) in [4.78, 5) is 4.39. The van der Waals surface area contributed by atoms with E-state index >= 15 is 0 Å². The first kappa shape index (κ1) is 29.3. The van der Waals surface area contributed by atoms with Gasteiger partial charge in [-0.25, -0.2) is 4.78 Å². The predicted octanol–water partition coefficient (Wildman–Crippen LogP) is 8.48. The van der Waals surface area contributed by atoms with Crippen LogP contribution in [0.5, 0.6) is 11.5 Å². The van der Waals surface area contributed by atoms with E-state index in [9.17, 15) is 0 Å². The van der Waals surface area contributed by atoms with Gasteiger partial charge in [0.1, 0.15) is 5.75 Å². The minimum atomic E-state index is -2.63. The molecule has 0 amide bonds. The van der Waals surface area contributed by atoms with Gasteiger partial charge < -0.3 is 4.52 Å². The minimum absolute atomic E-state index is 0.431. The van der Waals surface area contributed by atoms with Crippen molar-refractivity contribution in [2.75, 3.05) is 14.1 Å². The van der Waals surface area contributed by atoms with Crippen LogP contribution in [0.4, 0.5) is 0 Å². The summed E-state index contributed by atoms with van der Waals surface area (Å²) in [5, 5.41) is 8.52. The van der Waals surface area contributed by atoms with Crippen molar-refractivity contribution < 1.29 is 9.05 Å². The molecule has 178 valence electrons. The Morgan fingerprint density at radius 1 is 1.00 bits per heavy atom. The van der Waals surface area contributed by atoms with Crippen molar-refractivity contribution in [1.82, 2.24) is 9.56 Å². The molecule has 0 aliphatic heterocycles. The van der Waals surface area contributed by atoms with E-state index in [1.54, 1.807) is 43.4 Å². The summed E-state index contributed by atoms with van der Waals surface area (Å²) >= 11 is 22.3. The molecule has 0 N–H and O–H groups in total. The van der Waals surface area contributed by atoms with Crippen molar-refractivity contribution in [3.05, 3.63) is 59.7 Å². The van der Waals surface area contributed by atoms with Crippen LogP contribution in [0.3, 0.4) is 0 Å². The molecule has 0 aliphatic carbocycles. The number of hydrazone groups is 2. The van der Waals surface area contributed by atoms with Crippen LogP contribution in [0.2, 0.25) is 0 Å². The first-order chi connectivity index (χ1) is 16.2. The summed E-state index contributed by atoms with van der Waals surface area (Å²) in [5.41, 5.74) is 1.71. The van der Waals surface area contributed by atoms with Gasteiger partial charge in [0, 0.05) is 16.1 Å². The number of hydrogen-bond donors (Lipinski definition) is 0. The summed E-state index contributed by atoms with van der Waals surface area (Å²) in [6.07, 6.45) is 3.31. The summed E-state index contributed by atoms with van der Waals surface area (Å²) in [6, 6.07) is 14.6. The molecule has 0 heterocycles. The largest absolute Gasteiger partial charge is 0.540 e. The van der Waals surface area contributed by atoms with Crippen molar-refractivity contribution >= 4 is 96.6 Å². The fraction of sp³-hybridized carbons (Fsp3) is 0.125. The van der Waals surface area contributed by atoms with Gasteiger partial charge in [-0.3, -0.25) is 4.52 Å². The first-order valence-electron chi connectivity index (χ1n) is 8.93. The Hall–Kier alpha value is -0.970. The Balaban J connectivity index is 1.88. The molecule has 0 radical (unpaired) electrons. The van der Waals surface area contributed by atoms with E-state index in [1.165, 1.54) is 4.78 Å². The number of halogens is 2. The number of benzene rings is 2. The van der Waals surface area contributed by atoms with Gasteiger partial charge in [-0.05, 0) is 93.9 Å². The molecule has 0 saturated carbocycles. The van der Waals surface area contributed by atoms with Gasteiger partial charge in [0.15, 0.2) is 14.3 Å². The fourth-order valence-corrected chi connectivity index (χ4v) is 4.17. The molecule has 0 aromatic heterocycles. The van der Waals surface area contributed by atoms with E-state index in [1.807, 2.05) is 36.4 Å². The van der Waals surface area contributed by atoms with E-state index in [4.69, 9.17) is 55.1 Å². The van der Waals surface area contributed by atoms with Gasteiger partial charge in [0.2, 0.25) is 16.7 Å². The Morgan fingerprint density at radius 2 is 1.56 bits per heavy atom. The number of hydrogen-bond acceptors (Lipinski definition) is 6. The maximum Gasteiger partial charge on any atom is 0.540 e. The Morgan fingerprint density at radius 3 is 2.12 bits per heavy atom. The van der Waals surface area contributed by atoms with Crippen molar-refractivity contribution in [2.24, 2.45) is 24.4 Å². The van der Waals surface area contributed by atoms with E-state index in [0.717, 1.165) is 11.1 Å². The molecule has 1 atom stereocenters. The van der Waals surface area contributed by atoms with E-state index < -0.39 is 12.0 Å². The average Bonchev–Trinajstić information content (AvgIpc) is 2.81. The van der Waals surface area contributed by atoms with Crippen LogP contribution in [0.15, 0.2) is 73.0 Å². The SMILES string of the molecule is CN(N=Cc1ccc(OP=NP=NN=P)cc1)[P+](=S)Oc1ccc(C=NN(C)P(=S)(Cl)Cl)cc1. The van der Waals surface area contributed by atoms with E-state index in [-0.39, 0.29) is 0 Å². The zero-order chi connectivity index (χ0) is 25.0. The lowest BCUT2D eigenvalue weighted by atomic mass is 10.2. The molecule has 0 spiro atoms. The van der Waals surface area contributed by atoms with Crippen LogP contribution >= 0.6 is 60.6 Å². The molecule has 34 heavy (non-hydrogen) atoms. The third kappa shape index (κ3) is 11.2. The summed E-state index contributed by atoms with van der Waals surface area (Å²) < 4.78 is 18.2. The maximum absolute atomic E-state index is 5.91. The quantitative estimate of drug-likeness (QED) is 0.133. The van der Waals surface area contributed by atoms with Crippen LogP contribution in [0, 0.1) is 0 Å². The second-order valence-electron chi connectivity index (χ2n) is 5.91. The molecule has 1 unspecified atom stereocenters. The zero-order valence-electron chi connectivity index (χ0n) is 17.6. The lowest BCUT2D eigenvalue weighted by Gasteiger charge is -2.15. The van der Waals surface area contributed by atoms with Crippen LogP contribution in [0.25, 0.3) is 0 Å².